The molecule has 0 aromatic heterocycles. The van der Waals surface area contributed by atoms with Gasteiger partial charge in [-0.2, -0.15) is 0 Å². The number of morpholine rings is 1. The van der Waals surface area contributed by atoms with Gasteiger partial charge in [-0.25, -0.2) is 4.58 Å². The van der Waals surface area contributed by atoms with E-state index < -0.39 is 0 Å². The fourth-order valence-corrected chi connectivity index (χ4v) is 4.15. The summed E-state index contributed by atoms with van der Waals surface area (Å²) in [6.45, 7) is 6.16. The minimum Gasteiger partial charge on any atom is -0.379 e. The van der Waals surface area contributed by atoms with Crippen molar-refractivity contribution >= 4 is 6.01 Å². The van der Waals surface area contributed by atoms with Crippen LogP contribution in [-0.2, 0) is 4.74 Å². The van der Waals surface area contributed by atoms with E-state index in [2.05, 4.69) is 15.5 Å². The fourth-order valence-electron chi connectivity index (χ4n) is 4.15. The van der Waals surface area contributed by atoms with Crippen molar-refractivity contribution in [3.05, 3.63) is 0 Å². The standard InChI is InChI=1S/C19H34N3O/c1-3-7-18(8-4-1)20-17-22(19-9-5-2-6-10-19)12-11-21-13-15-23-16-14-21/h18-19H,1-16H2/q+1. The molecule has 3 aliphatic rings. The molecular weight excluding hydrogens is 286 g/mol. The third kappa shape index (κ3) is 5.70. The molecule has 2 aliphatic carbocycles. The summed E-state index contributed by atoms with van der Waals surface area (Å²) in [6, 6.07) is 4.72. The molecule has 2 saturated carbocycles. The average molecular weight is 321 g/mol. The van der Waals surface area contributed by atoms with Crippen molar-refractivity contribution in [1.82, 2.24) is 4.90 Å². The highest BCUT2D eigenvalue weighted by molar-refractivity contribution is 5.35. The van der Waals surface area contributed by atoms with Crippen molar-refractivity contribution in [3.8, 4) is 0 Å². The van der Waals surface area contributed by atoms with Crippen molar-refractivity contribution in [2.45, 2.75) is 76.3 Å². The van der Waals surface area contributed by atoms with E-state index in [1.54, 1.807) is 0 Å². The maximum absolute atomic E-state index is 5.46. The minimum absolute atomic E-state index is 0.540. The van der Waals surface area contributed by atoms with Crippen LogP contribution in [0.1, 0.15) is 64.2 Å². The van der Waals surface area contributed by atoms with Gasteiger partial charge < -0.3 is 4.74 Å². The normalized spacial score (nSPS) is 25.0. The Hall–Kier alpha value is -0.700. The molecule has 1 heterocycles. The van der Waals surface area contributed by atoms with Crippen LogP contribution in [0.15, 0.2) is 4.99 Å². The lowest BCUT2D eigenvalue weighted by Gasteiger charge is -2.27. The molecule has 0 N–H and O–H groups in total. The molecule has 0 radical (unpaired) electrons. The molecule has 0 aromatic rings. The van der Waals surface area contributed by atoms with Gasteiger partial charge in [0.05, 0.1) is 13.2 Å². The number of hydrogen-bond donors (Lipinski definition) is 0. The number of hydrogen-bond acceptors (Lipinski definition) is 3. The van der Waals surface area contributed by atoms with Gasteiger partial charge in [0.15, 0.2) is 6.04 Å². The Labute approximate surface area is 141 Å². The van der Waals surface area contributed by atoms with Crippen LogP contribution in [0.25, 0.3) is 0 Å². The predicted molar refractivity (Wildman–Crippen MR) is 93.6 cm³/mol. The smallest absolute Gasteiger partial charge is 0.307 e. The molecule has 0 atom stereocenters. The highest BCUT2D eigenvalue weighted by Crippen LogP contribution is 2.21. The van der Waals surface area contributed by atoms with Crippen molar-refractivity contribution in [3.63, 3.8) is 0 Å². The van der Waals surface area contributed by atoms with Gasteiger partial charge in [0.2, 0.25) is 0 Å². The van der Waals surface area contributed by atoms with Crippen LogP contribution < -0.4 is 0 Å². The van der Waals surface area contributed by atoms with Crippen LogP contribution in [0.2, 0.25) is 0 Å². The summed E-state index contributed by atoms with van der Waals surface area (Å²) < 4.78 is 7.92. The Morgan fingerprint density at radius 1 is 0.913 bits per heavy atom. The van der Waals surface area contributed by atoms with Crippen molar-refractivity contribution in [1.29, 1.82) is 0 Å². The first kappa shape index (κ1) is 17.1. The molecule has 0 aromatic carbocycles. The monoisotopic (exact) mass is 320 g/mol. The first-order chi connectivity index (χ1) is 11.4. The molecule has 0 amide bonds. The van der Waals surface area contributed by atoms with Crippen LogP contribution in [0.4, 0.5) is 0 Å². The molecule has 0 spiro atoms. The van der Waals surface area contributed by atoms with Gasteiger partial charge in [0.1, 0.15) is 12.6 Å². The second kappa shape index (κ2) is 9.56. The van der Waals surface area contributed by atoms with Gasteiger partial charge in [-0.15, -0.1) is 0 Å². The van der Waals surface area contributed by atoms with E-state index in [9.17, 15) is 0 Å². The molecule has 3 rings (SSSR count). The average Bonchev–Trinajstić information content (AvgIpc) is 2.64. The van der Waals surface area contributed by atoms with Gasteiger partial charge in [-0.3, -0.25) is 4.90 Å². The zero-order valence-electron chi connectivity index (χ0n) is 14.7. The Morgan fingerprint density at radius 2 is 1.57 bits per heavy atom. The van der Waals surface area contributed by atoms with Crippen LogP contribution in [0, 0.1) is 0 Å². The van der Waals surface area contributed by atoms with Crippen molar-refractivity contribution in [2.75, 3.05) is 39.4 Å². The highest BCUT2D eigenvalue weighted by Gasteiger charge is 2.23. The number of rotatable bonds is 5. The zero-order chi connectivity index (χ0) is 15.7. The Kier molecular flexibility index (Phi) is 7.12. The minimum atomic E-state index is 0.540. The summed E-state index contributed by atoms with van der Waals surface area (Å²) in [5.74, 6) is 0. The molecule has 3 fully saturated rings. The second-order valence-electron chi connectivity index (χ2n) is 7.46. The SMILES string of the molecule is C(=NC1CCCCC1)=[N+](CCN1CCOCC1)C1CCCCC1. The van der Waals surface area contributed by atoms with E-state index in [0.29, 0.717) is 12.1 Å². The summed E-state index contributed by atoms with van der Waals surface area (Å²) in [5.41, 5.74) is 0. The first-order valence-corrected chi connectivity index (χ1v) is 9.94. The lowest BCUT2D eigenvalue weighted by atomic mass is 9.95. The Morgan fingerprint density at radius 3 is 2.26 bits per heavy atom. The van der Waals surface area contributed by atoms with E-state index >= 15 is 0 Å². The lowest BCUT2D eigenvalue weighted by Crippen LogP contribution is -2.41. The zero-order valence-corrected chi connectivity index (χ0v) is 14.7. The molecule has 0 bridgehead atoms. The molecular formula is C19H34N3O+. The van der Waals surface area contributed by atoms with Crippen LogP contribution in [-0.4, -0.2) is 67.0 Å². The van der Waals surface area contributed by atoms with Crippen molar-refractivity contribution in [2.24, 2.45) is 4.99 Å². The van der Waals surface area contributed by atoms with Crippen molar-refractivity contribution < 1.29 is 9.31 Å². The molecule has 1 saturated heterocycles. The summed E-state index contributed by atoms with van der Waals surface area (Å²) in [5, 5.41) is 0. The van der Waals surface area contributed by atoms with Gasteiger partial charge in [0, 0.05) is 19.6 Å². The van der Waals surface area contributed by atoms with E-state index in [0.717, 1.165) is 39.4 Å². The molecule has 1 aliphatic heterocycles. The van der Waals surface area contributed by atoms with Crippen LogP contribution >= 0.6 is 0 Å². The predicted octanol–water partition coefficient (Wildman–Crippen LogP) is 3.17. The third-order valence-electron chi connectivity index (χ3n) is 5.72. The Bertz CT molecular complexity index is 399. The Balaban J connectivity index is 1.60. The van der Waals surface area contributed by atoms with E-state index in [1.165, 1.54) is 64.2 Å². The molecule has 4 heteroatoms. The third-order valence-corrected chi connectivity index (χ3v) is 5.72. The van der Waals surface area contributed by atoms with E-state index in [-0.39, 0.29) is 0 Å². The second-order valence-corrected chi connectivity index (χ2v) is 7.46. The van der Waals surface area contributed by atoms with E-state index in [4.69, 9.17) is 9.73 Å². The maximum atomic E-state index is 5.46. The maximum Gasteiger partial charge on any atom is 0.307 e. The summed E-state index contributed by atoms with van der Waals surface area (Å²) in [4.78, 5) is 7.38. The van der Waals surface area contributed by atoms with Gasteiger partial charge >= 0.3 is 6.01 Å². The fraction of sp³-hybridized carbons (Fsp3) is 0.947. The van der Waals surface area contributed by atoms with Gasteiger partial charge in [-0.1, -0.05) is 12.8 Å². The highest BCUT2D eigenvalue weighted by atomic mass is 16.5. The molecule has 23 heavy (non-hydrogen) atoms. The van der Waals surface area contributed by atoms with Crippen LogP contribution in [0.5, 0.6) is 0 Å². The summed E-state index contributed by atoms with van der Waals surface area (Å²) in [6.07, 6.45) is 13.5. The summed E-state index contributed by atoms with van der Waals surface area (Å²) >= 11 is 0. The number of ether oxygens (including phenoxy) is 1. The van der Waals surface area contributed by atoms with Gasteiger partial charge in [0.25, 0.3) is 0 Å². The number of nitrogens with zero attached hydrogens (tertiary/aromatic N) is 3. The number of aliphatic imine (C=N–C) groups is 1. The van der Waals surface area contributed by atoms with Crippen LogP contribution in [0.3, 0.4) is 0 Å². The van der Waals surface area contributed by atoms with Gasteiger partial charge in [-0.05, 0) is 56.4 Å². The summed E-state index contributed by atoms with van der Waals surface area (Å²) in [7, 11) is 0. The van der Waals surface area contributed by atoms with E-state index in [1.807, 2.05) is 0 Å². The molecule has 4 nitrogen and oxygen atoms in total. The topological polar surface area (TPSA) is 27.8 Å². The lowest BCUT2D eigenvalue weighted by molar-refractivity contribution is -0.564. The largest absolute Gasteiger partial charge is 0.379 e. The quantitative estimate of drug-likeness (QED) is 0.575. The molecule has 130 valence electrons. The first-order valence-electron chi connectivity index (χ1n) is 9.94. The molecule has 0 unspecified atom stereocenters.